The molecule has 14 nitrogen and oxygen atoms in total. The van der Waals surface area contributed by atoms with Crippen LogP contribution in [0.15, 0.2) is 90.3 Å². The highest BCUT2D eigenvalue weighted by Crippen LogP contribution is 2.36. The highest BCUT2D eigenvalue weighted by atomic mass is 35.5. The standard InChI is InChI=1S/C45H53Cl2N5O9S/c1-10-11-22-45(8,41(55)51-62(57,58)37-31(46)18-15-19-32(37)47)50-39(53)35-24-29(26-52(35)40(54)38(43(2,3)4)49-42(56)61-44(5,6)7)60-36-25-33(27-16-13-12-14-17-27)48-34-23-28(59-9)20-21-30(34)36/h10,12-21,23,25,29,35,38H,1,11,22,24,26H2,2-9H3,(H,49,56)(H,50,53)(H,51,55). The van der Waals surface area contributed by atoms with Crippen LogP contribution in [0.5, 0.6) is 11.5 Å². The number of fused-ring (bicyclic) bond motifs is 1. The van der Waals surface area contributed by atoms with Gasteiger partial charge in [0.15, 0.2) is 0 Å². The molecule has 5 rings (SSSR count). The fourth-order valence-corrected chi connectivity index (χ4v) is 9.18. The van der Waals surface area contributed by atoms with Crippen LogP contribution in [0.3, 0.4) is 0 Å². The number of allylic oxidation sites excluding steroid dienone is 1. The molecule has 62 heavy (non-hydrogen) atoms. The molecule has 0 saturated carbocycles. The Kier molecular flexibility index (Phi) is 14.6. The van der Waals surface area contributed by atoms with Gasteiger partial charge in [0.05, 0.1) is 34.9 Å². The number of amides is 4. The second kappa shape index (κ2) is 18.9. The lowest BCUT2D eigenvalue weighted by molar-refractivity contribution is -0.143. The second-order valence-corrected chi connectivity index (χ2v) is 19.7. The average molecular weight is 911 g/mol. The van der Waals surface area contributed by atoms with Gasteiger partial charge in [-0.05, 0) is 70.2 Å². The number of sulfonamides is 1. The van der Waals surface area contributed by atoms with Crippen molar-refractivity contribution in [3.63, 3.8) is 0 Å². The lowest BCUT2D eigenvalue weighted by atomic mass is 9.85. The number of methoxy groups -OCH3 is 1. The van der Waals surface area contributed by atoms with Gasteiger partial charge in [0.2, 0.25) is 11.8 Å². The summed E-state index contributed by atoms with van der Waals surface area (Å²) in [5.74, 6) is -1.48. The van der Waals surface area contributed by atoms with E-state index < -0.39 is 73.5 Å². The Balaban J connectivity index is 1.54. The lowest BCUT2D eigenvalue weighted by Gasteiger charge is -2.36. The molecule has 2 heterocycles. The Morgan fingerprint density at radius 3 is 2.21 bits per heavy atom. The Bertz CT molecular complexity index is 2440. The summed E-state index contributed by atoms with van der Waals surface area (Å²) in [6.07, 6.45) is -0.0792. The summed E-state index contributed by atoms with van der Waals surface area (Å²) in [7, 11) is -3.09. The quantitative estimate of drug-likeness (QED) is 0.105. The number of nitrogens with zero attached hydrogens (tertiary/aromatic N) is 2. The zero-order valence-corrected chi connectivity index (χ0v) is 38.3. The number of likely N-dealkylation sites (tertiary alicyclic amines) is 1. The van der Waals surface area contributed by atoms with Crippen LogP contribution in [-0.2, 0) is 29.1 Å². The minimum atomic E-state index is -4.64. The van der Waals surface area contributed by atoms with Gasteiger partial charge >= 0.3 is 6.09 Å². The monoisotopic (exact) mass is 909 g/mol. The zero-order valence-electron chi connectivity index (χ0n) is 36.0. The maximum absolute atomic E-state index is 14.8. The molecule has 0 radical (unpaired) electrons. The van der Waals surface area contributed by atoms with Gasteiger partial charge in [-0.25, -0.2) is 22.9 Å². The van der Waals surface area contributed by atoms with Crippen LogP contribution in [0, 0.1) is 5.41 Å². The summed E-state index contributed by atoms with van der Waals surface area (Å²) in [6.45, 7) is 15.3. The highest BCUT2D eigenvalue weighted by Gasteiger charge is 2.48. The van der Waals surface area contributed by atoms with Gasteiger partial charge in [0, 0.05) is 29.5 Å². The number of carbonyl (C=O) groups is 4. The van der Waals surface area contributed by atoms with Crippen molar-refractivity contribution in [3.05, 3.63) is 95.5 Å². The second-order valence-electron chi connectivity index (χ2n) is 17.3. The molecule has 1 aromatic heterocycles. The molecular weight excluding hydrogens is 857 g/mol. The fraction of sp³-hybridized carbons (Fsp3) is 0.400. The summed E-state index contributed by atoms with van der Waals surface area (Å²) < 4.78 is 46.8. The largest absolute Gasteiger partial charge is 0.497 e. The van der Waals surface area contributed by atoms with E-state index in [1.165, 1.54) is 36.1 Å². The number of aromatic nitrogens is 1. The number of benzene rings is 3. The van der Waals surface area contributed by atoms with E-state index in [-0.39, 0.29) is 35.9 Å². The number of rotatable bonds is 14. The number of hydrogen-bond donors (Lipinski definition) is 3. The number of alkyl carbamates (subject to hydrolysis) is 1. The molecule has 3 aromatic carbocycles. The molecule has 1 saturated heterocycles. The predicted molar refractivity (Wildman–Crippen MR) is 239 cm³/mol. The van der Waals surface area contributed by atoms with Gasteiger partial charge in [-0.15, -0.1) is 6.58 Å². The van der Waals surface area contributed by atoms with Crippen LogP contribution in [0.1, 0.15) is 67.7 Å². The summed E-state index contributed by atoms with van der Waals surface area (Å²) in [5, 5.41) is 5.67. The first-order valence-electron chi connectivity index (χ1n) is 19.9. The minimum absolute atomic E-state index is 0.0613. The molecule has 0 aliphatic carbocycles. The number of ether oxygens (including phenoxy) is 3. The molecule has 1 aliphatic rings. The van der Waals surface area contributed by atoms with Crippen molar-refractivity contribution < 1.29 is 41.8 Å². The van der Waals surface area contributed by atoms with E-state index in [0.717, 1.165) is 5.56 Å². The van der Waals surface area contributed by atoms with Gasteiger partial charge in [-0.1, -0.05) is 86.4 Å². The molecule has 0 spiro atoms. The summed E-state index contributed by atoms with van der Waals surface area (Å²) in [6, 6.07) is 18.2. The molecule has 4 amide bonds. The van der Waals surface area contributed by atoms with E-state index in [9.17, 15) is 27.6 Å². The fourth-order valence-electron chi connectivity index (χ4n) is 6.96. The van der Waals surface area contributed by atoms with Crippen LogP contribution in [0.2, 0.25) is 10.0 Å². The number of pyridine rings is 1. The van der Waals surface area contributed by atoms with Crippen molar-refractivity contribution in [2.24, 2.45) is 5.41 Å². The first kappa shape index (κ1) is 47.7. The first-order valence-corrected chi connectivity index (χ1v) is 22.2. The number of carbonyl (C=O) groups excluding carboxylic acids is 4. The van der Waals surface area contributed by atoms with Crippen LogP contribution in [-0.4, -0.2) is 85.1 Å². The van der Waals surface area contributed by atoms with Gasteiger partial charge in [0.25, 0.3) is 15.9 Å². The Labute approximate surface area is 372 Å². The van der Waals surface area contributed by atoms with Crippen LogP contribution >= 0.6 is 23.2 Å². The first-order chi connectivity index (χ1) is 29.0. The molecule has 17 heteroatoms. The number of nitrogens with one attached hydrogen (secondary N) is 3. The number of halogens is 2. The van der Waals surface area contributed by atoms with Crippen LogP contribution in [0.25, 0.3) is 22.2 Å². The van der Waals surface area contributed by atoms with Gasteiger partial charge in [-0.3, -0.25) is 14.4 Å². The lowest BCUT2D eigenvalue weighted by Crippen LogP contribution is -2.62. The Hall–Kier alpha value is -5.38. The smallest absolute Gasteiger partial charge is 0.408 e. The molecule has 1 aliphatic heterocycles. The average Bonchev–Trinajstić information content (AvgIpc) is 3.61. The van der Waals surface area contributed by atoms with Crippen LogP contribution < -0.4 is 24.8 Å². The van der Waals surface area contributed by atoms with E-state index in [2.05, 4.69) is 17.2 Å². The van der Waals surface area contributed by atoms with E-state index in [4.69, 9.17) is 42.4 Å². The van der Waals surface area contributed by atoms with E-state index in [1.807, 2.05) is 35.1 Å². The zero-order chi connectivity index (χ0) is 45.8. The third kappa shape index (κ3) is 11.4. The third-order valence-corrected chi connectivity index (χ3v) is 12.4. The van der Waals surface area contributed by atoms with Crippen molar-refractivity contribution in [2.75, 3.05) is 13.7 Å². The molecule has 4 unspecified atom stereocenters. The van der Waals surface area contributed by atoms with E-state index in [0.29, 0.717) is 28.1 Å². The highest BCUT2D eigenvalue weighted by molar-refractivity contribution is 7.90. The number of hydrogen-bond acceptors (Lipinski definition) is 10. The maximum atomic E-state index is 14.8. The van der Waals surface area contributed by atoms with Crippen molar-refractivity contribution in [2.45, 2.75) is 102 Å². The van der Waals surface area contributed by atoms with Crippen molar-refractivity contribution >= 4 is 67.9 Å². The molecule has 0 bridgehead atoms. The SMILES string of the molecule is C=CCCC(C)(NC(=O)C1CC(Oc2cc(-c3ccccc3)nc3cc(OC)ccc23)CN1C(=O)C(NC(=O)OC(C)(C)C)C(C)(C)C)C(=O)NS(=O)(=O)c1c(Cl)cccc1Cl. The summed E-state index contributed by atoms with van der Waals surface area (Å²) in [4.78, 5) is 62.4. The van der Waals surface area contributed by atoms with Gasteiger partial charge in [0.1, 0.15) is 45.7 Å². The van der Waals surface area contributed by atoms with E-state index >= 15 is 0 Å². The molecule has 4 atom stereocenters. The normalized spacial score (nSPS) is 17.0. The topological polar surface area (TPSA) is 182 Å². The molecular formula is C45H53Cl2N5O9S. The Morgan fingerprint density at radius 2 is 1.61 bits per heavy atom. The van der Waals surface area contributed by atoms with Crippen LogP contribution in [0.4, 0.5) is 4.79 Å². The van der Waals surface area contributed by atoms with E-state index in [1.54, 1.807) is 72.9 Å². The molecule has 1 fully saturated rings. The molecule has 4 aromatic rings. The van der Waals surface area contributed by atoms with Gasteiger partial charge < -0.3 is 29.7 Å². The summed E-state index contributed by atoms with van der Waals surface area (Å²) >= 11 is 12.4. The van der Waals surface area contributed by atoms with Crippen molar-refractivity contribution in [3.8, 4) is 22.8 Å². The minimum Gasteiger partial charge on any atom is -0.497 e. The predicted octanol–water partition coefficient (Wildman–Crippen LogP) is 7.85. The molecule has 3 N–H and O–H groups in total. The summed E-state index contributed by atoms with van der Waals surface area (Å²) in [5.41, 5.74) is -1.63. The van der Waals surface area contributed by atoms with Gasteiger partial charge in [-0.2, -0.15) is 0 Å². The van der Waals surface area contributed by atoms with Crippen molar-refractivity contribution in [1.82, 2.24) is 25.2 Å². The molecule has 332 valence electrons. The third-order valence-electron chi connectivity index (χ3n) is 10.1. The van der Waals surface area contributed by atoms with Crippen molar-refractivity contribution in [1.29, 1.82) is 0 Å². The Morgan fingerprint density at radius 1 is 0.952 bits per heavy atom. The maximum Gasteiger partial charge on any atom is 0.408 e.